The van der Waals surface area contributed by atoms with E-state index >= 15 is 0 Å². The molecule has 0 unspecified atom stereocenters. The standard InChI is InChI=1S/C18H32N6.C7H8O.C2H6/c1-19-16-13-17(22(2)3)21-18(20-16)24-11-9-23(10-12-24)14-15-7-5-4-6-8-15;1-8-7-5-3-2-4-6-7;1-2/h13,15H,4-12,14H2,1-3H3,(H,19,20,21);2-6H,1H3;1-2H3. The van der Waals surface area contributed by atoms with Crippen LogP contribution in [0, 0.1) is 5.92 Å². The first-order chi connectivity index (χ1) is 16.6. The fraction of sp³-hybridized carbons (Fsp3) is 0.630. The van der Waals surface area contributed by atoms with Gasteiger partial charge in [-0.05, 0) is 30.9 Å². The highest BCUT2D eigenvalue weighted by molar-refractivity contribution is 5.53. The molecule has 0 amide bonds. The summed E-state index contributed by atoms with van der Waals surface area (Å²) < 4.78 is 4.91. The normalized spacial score (nSPS) is 16.5. The number of nitrogens with zero attached hydrogens (tertiary/aromatic N) is 5. The lowest BCUT2D eigenvalue weighted by Crippen LogP contribution is -2.48. The van der Waals surface area contributed by atoms with Crippen molar-refractivity contribution in [1.29, 1.82) is 0 Å². The number of para-hydroxylation sites is 1. The lowest BCUT2D eigenvalue weighted by molar-refractivity contribution is 0.191. The van der Waals surface area contributed by atoms with Crippen LogP contribution in [-0.4, -0.2) is 75.8 Å². The fourth-order valence-electron chi connectivity index (χ4n) is 4.34. The molecule has 2 fully saturated rings. The van der Waals surface area contributed by atoms with Gasteiger partial charge in [-0.2, -0.15) is 9.97 Å². The molecule has 190 valence electrons. The molecule has 1 aliphatic heterocycles. The van der Waals surface area contributed by atoms with Gasteiger partial charge in [0, 0.05) is 59.9 Å². The van der Waals surface area contributed by atoms with Crippen molar-refractivity contribution in [3.8, 4) is 5.75 Å². The summed E-state index contributed by atoms with van der Waals surface area (Å²) in [5.74, 6) is 4.52. The number of hydrogen-bond donors (Lipinski definition) is 1. The first-order valence-electron chi connectivity index (χ1n) is 12.9. The molecule has 2 aromatic rings. The number of hydrogen-bond acceptors (Lipinski definition) is 7. The molecule has 4 rings (SSSR count). The summed E-state index contributed by atoms with van der Waals surface area (Å²) in [7, 11) is 7.62. The zero-order valence-corrected chi connectivity index (χ0v) is 22.3. The molecule has 1 saturated heterocycles. The van der Waals surface area contributed by atoms with Gasteiger partial charge in [0.05, 0.1) is 7.11 Å². The Bertz CT molecular complexity index is 787. The SMILES string of the molecule is CC.CNc1cc(N(C)C)nc(N2CCN(CC3CCCCC3)CC2)n1.COc1ccccc1. The van der Waals surface area contributed by atoms with Crippen LogP contribution in [-0.2, 0) is 0 Å². The van der Waals surface area contributed by atoms with Gasteiger partial charge >= 0.3 is 0 Å². The van der Waals surface area contributed by atoms with Crippen LogP contribution in [0.15, 0.2) is 36.4 Å². The van der Waals surface area contributed by atoms with E-state index < -0.39 is 0 Å². The van der Waals surface area contributed by atoms with E-state index in [1.165, 1.54) is 38.6 Å². The lowest BCUT2D eigenvalue weighted by atomic mass is 9.89. The number of methoxy groups -OCH3 is 1. The number of aromatic nitrogens is 2. The molecule has 7 nitrogen and oxygen atoms in total. The topological polar surface area (TPSA) is 56.8 Å². The molecular formula is C27H46N6O. The molecular weight excluding hydrogens is 424 g/mol. The van der Waals surface area contributed by atoms with E-state index in [1.807, 2.05) is 76.3 Å². The summed E-state index contributed by atoms with van der Waals surface area (Å²) in [5.41, 5.74) is 0. The van der Waals surface area contributed by atoms with Crippen LogP contribution in [0.4, 0.5) is 17.6 Å². The second kappa shape index (κ2) is 15.4. The minimum Gasteiger partial charge on any atom is -0.497 e. The van der Waals surface area contributed by atoms with Gasteiger partial charge in [0.15, 0.2) is 0 Å². The van der Waals surface area contributed by atoms with Crippen LogP contribution >= 0.6 is 0 Å². The minimum atomic E-state index is 0.850. The minimum absolute atomic E-state index is 0.850. The Morgan fingerprint density at radius 2 is 1.62 bits per heavy atom. The number of ether oxygens (including phenoxy) is 1. The molecule has 1 N–H and O–H groups in total. The van der Waals surface area contributed by atoms with Gasteiger partial charge in [-0.3, -0.25) is 4.90 Å². The molecule has 1 saturated carbocycles. The Kier molecular flexibility index (Phi) is 12.5. The second-order valence-corrected chi connectivity index (χ2v) is 8.86. The fourth-order valence-corrected chi connectivity index (χ4v) is 4.34. The van der Waals surface area contributed by atoms with Crippen molar-refractivity contribution in [2.45, 2.75) is 46.0 Å². The third-order valence-corrected chi connectivity index (χ3v) is 6.29. The average Bonchev–Trinajstić information content (AvgIpc) is 2.91. The third kappa shape index (κ3) is 9.01. The largest absolute Gasteiger partial charge is 0.497 e. The average molecular weight is 471 g/mol. The number of piperazine rings is 1. The van der Waals surface area contributed by atoms with Gasteiger partial charge in [0.2, 0.25) is 5.95 Å². The summed E-state index contributed by atoms with van der Waals surface area (Å²) in [6.45, 7) is 9.58. The van der Waals surface area contributed by atoms with E-state index in [1.54, 1.807) is 7.11 Å². The quantitative estimate of drug-likeness (QED) is 0.637. The monoisotopic (exact) mass is 470 g/mol. The Labute approximate surface area is 207 Å². The van der Waals surface area contributed by atoms with Gasteiger partial charge < -0.3 is 19.9 Å². The van der Waals surface area contributed by atoms with Crippen molar-refractivity contribution in [1.82, 2.24) is 14.9 Å². The van der Waals surface area contributed by atoms with Gasteiger partial charge in [-0.25, -0.2) is 0 Å². The first-order valence-corrected chi connectivity index (χ1v) is 12.9. The Morgan fingerprint density at radius 3 is 2.15 bits per heavy atom. The van der Waals surface area contributed by atoms with Gasteiger partial charge in [0.1, 0.15) is 17.4 Å². The number of benzene rings is 1. The highest BCUT2D eigenvalue weighted by atomic mass is 16.5. The molecule has 0 radical (unpaired) electrons. The highest BCUT2D eigenvalue weighted by Crippen LogP contribution is 2.25. The van der Waals surface area contributed by atoms with Gasteiger partial charge in [0.25, 0.3) is 0 Å². The molecule has 0 spiro atoms. The van der Waals surface area contributed by atoms with Crippen LogP contribution in [0.3, 0.4) is 0 Å². The molecule has 1 aromatic carbocycles. The number of anilines is 3. The predicted molar refractivity (Wildman–Crippen MR) is 145 cm³/mol. The van der Waals surface area contributed by atoms with Crippen molar-refractivity contribution in [2.75, 3.05) is 76.1 Å². The second-order valence-electron chi connectivity index (χ2n) is 8.86. The first kappa shape index (κ1) is 27.7. The van der Waals surface area contributed by atoms with Crippen LogP contribution in [0.5, 0.6) is 5.75 Å². The van der Waals surface area contributed by atoms with Crippen LogP contribution in [0.2, 0.25) is 0 Å². The van der Waals surface area contributed by atoms with Crippen LogP contribution in [0.25, 0.3) is 0 Å². The van der Waals surface area contributed by atoms with E-state index in [0.29, 0.717) is 0 Å². The summed E-state index contributed by atoms with van der Waals surface area (Å²) in [6, 6.07) is 11.7. The van der Waals surface area contributed by atoms with Crippen molar-refractivity contribution in [3.63, 3.8) is 0 Å². The highest BCUT2D eigenvalue weighted by Gasteiger charge is 2.23. The summed E-state index contributed by atoms with van der Waals surface area (Å²) in [4.78, 5) is 16.4. The van der Waals surface area contributed by atoms with E-state index in [-0.39, 0.29) is 0 Å². The molecule has 0 atom stereocenters. The molecule has 1 aromatic heterocycles. The van der Waals surface area contributed by atoms with Gasteiger partial charge in [-0.15, -0.1) is 0 Å². The van der Waals surface area contributed by atoms with E-state index in [9.17, 15) is 0 Å². The zero-order chi connectivity index (χ0) is 24.8. The molecule has 34 heavy (non-hydrogen) atoms. The maximum absolute atomic E-state index is 4.91. The summed E-state index contributed by atoms with van der Waals surface area (Å²) >= 11 is 0. The Hall–Kier alpha value is -2.54. The molecule has 2 aliphatic rings. The predicted octanol–water partition coefficient (Wildman–Crippen LogP) is 5.01. The molecule has 2 heterocycles. The smallest absolute Gasteiger partial charge is 0.229 e. The van der Waals surface area contributed by atoms with E-state index in [0.717, 1.165) is 55.4 Å². The van der Waals surface area contributed by atoms with E-state index in [2.05, 4.69) is 20.1 Å². The van der Waals surface area contributed by atoms with Crippen LogP contribution < -0.4 is 19.9 Å². The summed E-state index contributed by atoms with van der Waals surface area (Å²) in [5, 5.41) is 3.15. The van der Waals surface area contributed by atoms with Gasteiger partial charge in [-0.1, -0.05) is 51.3 Å². The number of nitrogens with one attached hydrogen (secondary N) is 1. The maximum Gasteiger partial charge on any atom is 0.229 e. The molecule has 1 aliphatic carbocycles. The van der Waals surface area contributed by atoms with Crippen molar-refractivity contribution in [2.24, 2.45) is 5.92 Å². The summed E-state index contributed by atoms with van der Waals surface area (Å²) in [6.07, 6.45) is 7.17. The maximum atomic E-state index is 4.91. The lowest BCUT2D eigenvalue weighted by Gasteiger charge is -2.37. The molecule has 7 heteroatoms. The van der Waals surface area contributed by atoms with Crippen LogP contribution in [0.1, 0.15) is 46.0 Å². The molecule has 0 bridgehead atoms. The van der Waals surface area contributed by atoms with Crippen molar-refractivity contribution in [3.05, 3.63) is 36.4 Å². The van der Waals surface area contributed by atoms with Crippen molar-refractivity contribution < 1.29 is 4.74 Å². The third-order valence-electron chi connectivity index (χ3n) is 6.29. The Balaban J connectivity index is 0.000000343. The number of rotatable bonds is 6. The zero-order valence-electron chi connectivity index (χ0n) is 22.3. The van der Waals surface area contributed by atoms with E-state index in [4.69, 9.17) is 9.72 Å². The van der Waals surface area contributed by atoms with Crippen molar-refractivity contribution >= 4 is 17.6 Å². The Morgan fingerprint density at radius 1 is 0.971 bits per heavy atom.